The third-order valence-electron chi connectivity index (χ3n) is 14.4. The second-order valence-electron chi connectivity index (χ2n) is 20.4. The zero-order valence-electron chi connectivity index (χ0n) is 43.2. The number of hydrogen-bond donors (Lipinski definition) is 12. The van der Waals surface area contributed by atoms with Gasteiger partial charge in [0.1, 0.15) is 73.2 Å². The number of carbonyl (C=O) groups is 1. The maximum atomic E-state index is 13.2. The molecular formula is C52H99NO18. The van der Waals surface area contributed by atoms with Gasteiger partial charge in [-0.2, -0.15) is 0 Å². The van der Waals surface area contributed by atoms with E-state index in [1.54, 1.807) is 0 Å². The summed E-state index contributed by atoms with van der Waals surface area (Å²) < 4.78 is 34.1. The molecule has 3 heterocycles. The molecular weight excluding hydrogens is 927 g/mol. The van der Waals surface area contributed by atoms with E-state index in [-0.39, 0.29) is 18.9 Å². The Morgan fingerprint density at radius 2 is 0.803 bits per heavy atom. The number of aliphatic hydroxyl groups is 11. The third-order valence-corrected chi connectivity index (χ3v) is 14.4. The molecule has 3 aliphatic heterocycles. The van der Waals surface area contributed by atoms with Crippen LogP contribution in [0.2, 0.25) is 0 Å². The molecule has 17 atom stereocenters. The molecule has 17 unspecified atom stereocenters. The molecule has 0 aromatic rings. The minimum Gasteiger partial charge on any atom is -0.394 e. The molecule has 0 saturated carbocycles. The predicted octanol–water partition coefficient (Wildman–Crippen LogP) is 3.26. The van der Waals surface area contributed by atoms with Crippen molar-refractivity contribution >= 4 is 5.91 Å². The molecule has 1 amide bonds. The molecule has 420 valence electrons. The monoisotopic (exact) mass is 1030 g/mol. The molecule has 3 saturated heterocycles. The molecule has 3 aliphatic rings. The second kappa shape index (κ2) is 37.5. The SMILES string of the molecule is CCCCCCCCCCCCCCCCCCCCCC(=O)NC(COC1OC(CO)C(OC2OC(CO)C(OC3OC(CO)C(O)C(O)C3O)C(O)C2O)C(O)C1O)C(O)CCCCCCCCC. The normalized spacial score (nSPS) is 32.2. The van der Waals surface area contributed by atoms with Gasteiger partial charge in [0, 0.05) is 6.42 Å². The lowest BCUT2D eigenvalue weighted by molar-refractivity contribution is -0.379. The van der Waals surface area contributed by atoms with E-state index in [0.29, 0.717) is 12.8 Å². The van der Waals surface area contributed by atoms with Crippen LogP contribution in [0.1, 0.15) is 194 Å². The van der Waals surface area contributed by atoms with Gasteiger partial charge in [-0.15, -0.1) is 0 Å². The van der Waals surface area contributed by atoms with Crippen LogP contribution in [0.3, 0.4) is 0 Å². The first-order valence-corrected chi connectivity index (χ1v) is 27.8. The number of nitrogens with one attached hydrogen (secondary N) is 1. The van der Waals surface area contributed by atoms with Crippen molar-refractivity contribution in [1.29, 1.82) is 0 Å². The Kier molecular flexibility index (Phi) is 33.9. The summed E-state index contributed by atoms with van der Waals surface area (Å²) in [6.45, 7) is 1.73. The Labute approximate surface area is 423 Å². The molecule has 0 radical (unpaired) electrons. The highest BCUT2D eigenvalue weighted by Crippen LogP contribution is 2.33. The molecule has 0 aromatic carbocycles. The summed E-state index contributed by atoms with van der Waals surface area (Å²) in [6.07, 6.45) is 5.26. The Balaban J connectivity index is 1.46. The van der Waals surface area contributed by atoms with Crippen molar-refractivity contribution in [2.45, 2.75) is 298 Å². The van der Waals surface area contributed by atoms with E-state index in [0.717, 1.165) is 57.8 Å². The van der Waals surface area contributed by atoms with E-state index in [1.807, 2.05) is 0 Å². The van der Waals surface area contributed by atoms with Gasteiger partial charge in [0.05, 0.1) is 38.6 Å². The average molecular weight is 1030 g/mol. The molecule has 12 N–H and O–H groups in total. The minimum absolute atomic E-state index is 0.244. The predicted molar refractivity (Wildman–Crippen MR) is 264 cm³/mol. The minimum atomic E-state index is -1.97. The van der Waals surface area contributed by atoms with Gasteiger partial charge in [0.15, 0.2) is 18.9 Å². The lowest BCUT2D eigenvalue weighted by Gasteiger charge is -2.48. The lowest BCUT2D eigenvalue weighted by atomic mass is 9.96. The van der Waals surface area contributed by atoms with Crippen molar-refractivity contribution in [2.24, 2.45) is 0 Å². The number of rotatable bonds is 40. The molecule has 0 aromatic heterocycles. The van der Waals surface area contributed by atoms with Crippen LogP contribution in [0, 0.1) is 0 Å². The molecule has 3 fully saturated rings. The zero-order valence-corrected chi connectivity index (χ0v) is 43.2. The van der Waals surface area contributed by atoms with Gasteiger partial charge in [-0.25, -0.2) is 0 Å². The highest BCUT2D eigenvalue weighted by atomic mass is 16.8. The van der Waals surface area contributed by atoms with Crippen LogP contribution in [0.25, 0.3) is 0 Å². The summed E-state index contributed by atoms with van der Waals surface area (Å²) in [7, 11) is 0. The van der Waals surface area contributed by atoms with Crippen molar-refractivity contribution in [3.8, 4) is 0 Å². The fourth-order valence-electron chi connectivity index (χ4n) is 9.78. The van der Waals surface area contributed by atoms with Crippen molar-refractivity contribution in [3.63, 3.8) is 0 Å². The standard InChI is InChI=1S/C52H99NO18/c1-3-5-7-9-11-12-13-14-15-16-17-18-19-20-21-22-24-26-28-30-40(58)53-35(36(57)29-27-25-23-10-8-6-4-2)34-66-50-46(64)43(61)48(38(32-55)68-50)71-52-47(65)44(62)49(39(33-56)69-52)70-51-45(63)42(60)41(59)37(31-54)67-51/h35-39,41-52,54-57,59-65H,3-34H2,1-2H3,(H,53,58). The van der Waals surface area contributed by atoms with E-state index in [1.165, 1.54) is 103 Å². The van der Waals surface area contributed by atoms with Crippen LogP contribution in [-0.4, -0.2) is 193 Å². The van der Waals surface area contributed by atoms with Gasteiger partial charge in [0.25, 0.3) is 0 Å². The van der Waals surface area contributed by atoms with Gasteiger partial charge in [-0.3, -0.25) is 4.79 Å². The van der Waals surface area contributed by atoms with Crippen LogP contribution < -0.4 is 5.32 Å². The van der Waals surface area contributed by atoms with E-state index in [9.17, 15) is 61.0 Å². The van der Waals surface area contributed by atoms with E-state index < -0.39 is 124 Å². The van der Waals surface area contributed by atoms with Crippen LogP contribution in [-0.2, 0) is 33.2 Å². The molecule has 19 heteroatoms. The lowest BCUT2D eigenvalue weighted by Crippen LogP contribution is -2.66. The molecule has 3 rings (SSSR count). The molecule has 0 bridgehead atoms. The molecule has 19 nitrogen and oxygen atoms in total. The van der Waals surface area contributed by atoms with Gasteiger partial charge in [-0.1, -0.05) is 174 Å². The number of hydrogen-bond acceptors (Lipinski definition) is 18. The summed E-state index contributed by atoms with van der Waals surface area (Å²) in [5.41, 5.74) is 0. The number of carbonyl (C=O) groups excluding carboxylic acids is 1. The van der Waals surface area contributed by atoms with Crippen LogP contribution >= 0.6 is 0 Å². The smallest absolute Gasteiger partial charge is 0.220 e. The number of ether oxygens (including phenoxy) is 6. The fourth-order valence-corrected chi connectivity index (χ4v) is 9.78. The first-order valence-electron chi connectivity index (χ1n) is 27.8. The Morgan fingerprint density at radius 3 is 1.23 bits per heavy atom. The topological polar surface area (TPSA) is 307 Å². The van der Waals surface area contributed by atoms with Gasteiger partial charge >= 0.3 is 0 Å². The van der Waals surface area contributed by atoms with E-state index in [2.05, 4.69) is 19.2 Å². The largest absolute Gasteiger partial charge is 0.394 e. The Hall–Kier alpha value is -1.21. The number of unbranched alkanes of at least 4 members (excludes halogenated alkanes) is 24. The molecule has 71 heavy (non-hydrogen) atoms. The summed E-state index contributed by atoms with van der Waals surface area (Å²) in [4.78, 5) is 13.2. The third kappa shape index (κ3) is 22.9. The van der Waals surface area contributed by atoms with Crippen molar-refractivity contribution < 1.29 is 89.4 Å². The number of amides is 1. The second-order valence-corrected chi connectivity index (χ2v) is 20.4. The van der Waals surface area contributed by atoms with Crippen LogP contribution in [0.15, 0.2) is 0 Å². The maximum absolute atomic E-state index is 13.2. The Morgan fingerprint density at radius 1 is 0.451 bits per heavy atom. The van der Waals surface area contributed by atoms with E-state index in [4.69, 9.17) is 28.4 Å². The van der Waals surface area contributed by atoms with Gasteiger partial charge in [-0.05, 0) is 12.8 Å². The summed E-state index contributed by atoms with van der Waals surface area (Å²) in [5.74, 6) is -0.244. The maximum Gasteiger partial charge on any atom is 0.220 e. The van der Waals surface area contributed by atoms with Crippen LogP contribution in [0.4, 0.5) is 0 Å². The summed E-state index contributed by atoms with van der Waals surface area (Å²) in [5, 5.41) is 120. The van der Waals surface area contributed by atoms with Gasteiger partial charge in [0.2, 0.25) is 5.91 Å². The van der Waals surface area contributed by atoms with Gasteiger partial charge < -0.3 is 89.9 Å². The highest BCUT2D eigenvalue weighted by Gasteiger charge is 2.53. The first kappa shape index (κ1) is 64.1. The van der Waals surface area contributed by atoms with Crippen molar-refractivity contribution in [1.82, 2.24) is 5.32 Å². The van der Waals surface area contributed by atoms with Crippen LogP contribution in [0.5, 0.6) is 0 Å². The summed E-state index contributed by atoms with van der Waals surface area (Å²) >= 11 is 0. The van der Waals surface area contributed by atoms with Crippen molar-refractivity contribution in [2.75, 3.05) is 26.4 Å². The first-order chi connectivity index (χ1) is 34.3. The fraction of sp³-hybridized carbons (Fsp3) is 0.981. The zero-order chi connectivity index (χ0) is 52.0. The average Bonchev–Trinajstić information content (AvgIpc) is 3.36. The summed E-state index contributed by atoms with van der Waals surface area (Å²) in [6, 6.07) is -0.877. The Bertz CT molecular complexity index is 1320. The van der Waals surface area contributed by atoms with Crippen molar-refractivity contribution in [3.05, 3.63) is 0 Å². The quantitative estimate of drug-likeness (QED) is 0.0392. The molecule has 0 spiro atoms. The van der Waals surface area contributed by atoms with E-state index >= 15 is 0 Å². The number of aliphatic hydroxyl groups excluding tert-OH is 11. The molecule has 0 aliphatic carbocycles. The highest BCUT2D eigenvalue weighted by molar-refractivity contribution is 5.76.